The van der Waals surface area contributed by atoms with Gasteiger partial charge in [0.1, 0.15) is 4.91 Å². The number of rotatable bonds is 6. The van der Waals surface area contributed by atoms with E-state index in [0.717, 1.165) is 54.7 Å². The Hall–Kier alpha value is -3.37. The van der Waals surface area contributed by atoms with E-state index in [4.69, 9.17) is 0 Å². The third kappa shape index (κ3) is 4.70. The third-order valence-corrected chi connectivity index (χ3v) is 6.04. The van der Waals surface area contributed by atoms with E-state index >= 15 is 0 Å². The van der Waals surface area contributed by atoms with Crippen molar-refractivity contribution in [1.29, 1.82) is 0 Å². The molecule has 2 aromatic carbocycles. The number of likely N-dealkylation sites (N-methyl/N-ethyl adjacent to an activating group) is 1. The van der Waals surface area contributed by atoms with Gasteiger partial charge in [-0.3, -0.25) is 10.1 Å². The number of H-pyrrole nitrogens is 1. The van der Waals surface area contributed by atoms with Crippen LogP contribution in [-0.4, -0.2) is 64.1 Å². The van der Waals surface area contributed by atoms with E-state index in [-0.39, 0.29) is 10.6 Å². The smallest absolute Gasteiger partial charge is 0.342 e. The molecule has 2 N–H and O–H groups in total. The lowest BCUT2D eigenvalue weighted by Gasteiger charge is -2.34. The first-order chi connectivity index (χ1) is 14.9. The summed E-state index contributed by atoms with van der Waals surface area (Å²) in [6, 6.07) is 12.0. The van der Waals surface area contributed by atoms with Gasteiger partial charge in [0.2, 0.25) is 0 Å². The van der Waals surface area contributed by atoms with E-state index in [9.17, 15) is 20.0 Å². The van der Waals surface area contributed by atoms with Crippen molar-refractivity contribution in [3.05, 3.63) is 63.0 Å². The van der Waals surface area contributed by atoms with Gasteiger partial charge in [0.25, 0.3) is 5.69 Å². The van der Waals surface area contributed by atoms with Crippen LogP contribution in [0, 0.1) is 10.1 Å². The van der Waals surface area contributed by atoms with Crippen LogP contribution in [-0.2, 0) is 4.79 Å². The van der Waals surface area contributed by atoms with Crippen LogP contribution in [0.15, 0.2) is 52.5 Å². The second-order valence-electron chi connectivity index (χ2n) is 7.27. The second kappa shape index (κ2) is 8.78. The SMILES string of the molecule is CN1CCN(c2ccc([N+](=O)[O-])cc2/C=C(/Sc2nc3ccccc3[nH]2)C(=O)O)CC1. The van der Waals surface area contributed by atoms with Crippen molar-refractivity contribution in [2.75, 3.05) is 38.1 Å². The number of para-hydroxylation sites is 2. The van der Waals surface area contributed by atoms with Crippen LogP contribution in [0.1, 0.15) is 5.56 Å². The molecule has 1 fully saturated rings. The molecule has 0 amide bonds. The average Bonchev–Trinajstić information content (AvgIpc) is 3.16. The number of imidazole rings is 1. The predicted molar refractivity (Wildman–Crippen MR) is 120 cm³/mol. The molecule has 0 bridgehead atoms. The van der Waals surface area contributed by atoms with Gasteiger partial charge in [-0.2, -0.15) is 0 Å². The minimum absolute atomic E-state index is 0.0231. The van der Waals surface area contributed by atoms with Gasteiger partial charge in [-0.25, -0.2) is 9.78 Å². The van der Waals surface area contributed by atoms with E-state index in [1.807, 2.05) is 31.3 Å². The number of benzene rings is 2. The number of anilines is 1. The zero-order chi connectivity index (χ0) is 22.0. The number of carboxylic acid groups (broad SMARTS) is 1. The predicted octanol–water partition coefficient (Wildman–Crippen LogP) is 3.44. The van der Waals surface area contributed by atoms with Crippen molar-refractivity contribution in [1.82, 2.24) is 14.9 Å². The van der Waals surface area contributed by atoms with Gasteiger partial charge < -0.3 is 19.9 Å². The van der Waals surface area contributed by atoms with Crippen LogP contribution in [0.2, 0.25) is 0 Å². The number of fused-ring (bicyclic) bond motifs is 1. The van der Waals surface area contributed by atoms with Gasteiger partial charge in [0.15, 0.2) is 5.16 Å². The summed E-state index contributed by atoms with van der Waals surface area (Å²) in [6.07, 6.45) is 1.49. The molecule has 1 aliphatic rings. The topological polar surface area (TPSA) is 116 Å². The van der Waals surface area contributed by atoms with Crippen molar-refractivity contribution < 1.29 is 14.8 Å². The number of hydrogen-bond acceptors (Lipinski definition) is 7. The molecule has 160 valence electrons. The highest BCUT2D eigenvalue weighted by molar-refractivity contribution is 8.04. The zero-order valence-corrected chi connectivity index (χ0v) is 17.6. The molecule has 0 unspecified atom stereocenters. The molecule has 0 aliphatic carbocycles. The highest BCUT2D eigenvalue weighted by atomic mass is 32.2. The Morgan fingerprint density at radius 3 is 2.65 bits per heavy atom. The summed E-state index contributed by atoms with van der Waals surface area (Å²) in [7, 11) is 2.04. The Balaban J connectivity index is 1.72. The van der Waals surface area contributed by atoms with E-state index < -0.39 is 10.9 Å². The number of thioether (sulfide) groups is 1. The maximum atomic E-state index is 12.0. The molecule has 1 aromatic heterocycles. The van der Waals surface area contributed by atoms with Gasteiger partial charge in [-0.1, -0.05) is 12.1 Å². The first-order valence-corrected chi connectivity index (χ1v) is 10.5. The Morgan fingerprint density at radius 2 is 1.97 bits per heavy atom. The standard InChI is InChI=1S/C21H21N5O4S/c1-24-8-10-25(11-9-24)18-7-6-15(26(29)30)12-14(18)13-19(20(27)28)31-21-22-16-4-2-3-5-17(16)23-21/h2-7,12-13H,8-11H2,1H3,(H,22,23)(H,27,28)/b19-13+. The van der Waals surface area contributed by atoms with Crippen LogP contribution in [0.5, 0.6) is 0 Å². The van der Waals surface area contributed by atoms with Gasteiger partial charge in [0, 0.05) is 49.6 Å². The molecule has 4 rings (SSSR count). The number of aliphatic carboxylic acids is 1. The summed E-state index contributed by atoms with van der Waals surface area (Å²) in [6.45, 7) is 3.24. The normalized spacial score (nSPS) is 15.4. The molecule has 0 spiro atoms. The van der Waals surface area contributed by atoms with Crippen LogP contribution in [0.25, 0.3) is 17.1 Å². The van der Waals surface area contributed by atoms with E-state index in [1.165, 1.54) is 18.2 Å². The van der Waals surface area contributed by atoms with Crippen molar-refractivity contribution in [2.45, 2.75) is 5.16 Å². The van der Waals surface area contributed by atoms with Gasteiger partial charge in [-0.05, 0) is 43.1 Å². The fourth-order valence-electron chi connectivity index (χ4n) is 3.46. The lowest BCUT2D eigenvalue weighted by Crippen LogP contribution is -2.44. The first-order valence-electron chi connectivity index (χ1n) is 9.70. The molecule has 10 heteroatoms. The molecule has 31 heavy (non-hydrogen) atoms. The monoisotopic (exact) mass is 439 g/mol. The Kier molecular flexibility index (Phi) is 5.92. The molecule has 3 aromatic rings. The molecule has 0 radical (unpaired) electrons. The lowest BCUT2D eigenvalue weighted by atomic mass is 10.1. The van der Waals surface area contributed by atoms with E-state index in [2.05, 4.69) is 19.8 Å². The number of nitro benzene ring substituents is 1. The zero-order valence-electron chi connectivity index (χ0n) is 16.8. The number of carboxylic acids is 1. The maximum absolute atomic E-state index is 12.0. The fraction of sp³-hybridized carbons (Fsp3) is 0.238. The van der Waals surface area contributed by atoms with Gasteiger partial charge in [-0.15, -0.1) is 0 Å². The number of nitrogens with one attached hydrogen (secondary N) is 1. The Morgan fingerprint density at radius 1 is 1.23 bits per heavy atom. The van der Waals surface area contributed by atoms with Crippen molar-refractivity contribution in [3.63, 3.8) is 0 Å². The van der Waals surface area contributed by atoms with E-state index in [1.54, 1.807) is 6.07 Å². The molecular weight excluding hydrogens is 418 g/mol. The summed E-state index contributed by atoms with van der Waals surface area (Å²) in [5.74, 6) is -1.12. The van der Waals surface area contributed by atoms with Gasteiger partial charge in [0.05, 0.1) is 16.0 Å². The molecule has 0 atom stereocenters. The van der Waals surface area contributed by atoms with Crippen LogP contribution in [0.4, 0.5) is 11.4 Å². The van der Waals surface area contributed by atoms with Crippen molar-refractivity contribution in [3.8, 4) is 0 Å². The highest BCUT2D eigenvalue weighted by Crippen LogP contribution is 2.33. The molecule has 1 saturated heterocycles. The average molecular weight is 439 g/mol. The summed E-state index contributed by atoms with van der Waals surface area (Å²) < 4.78 is 0. The van der Waals surface area contributed by atoms with Crippen molar-refractivity contribution >= 4 is 46.2 Å². The maximum Gasteiger partial charge on any atom is 0.342 e. The second-order valence-corrected chi connectivity index (χ2v) is 8.30. The molecular formula is C21H21N5O4S. The Bertz CT molecular complexity index is 1130. The van der Waals surface area contributed by atoms with Crippen molar-refractivity contribution in [2.24, 2.45) is 0 Å². The van der Waals surface area contributed by atoms with Crippen LogP contribution >= 0.6 is 11.8 Å². The third-order valence-electron chi connectivity index (χ3n) is 5.14. The van der Waals surface area contributed by atoms with E-state index in [0.29, 0.717) is 10.7 Å². The summed E-state index contributed by atoms with van der Waals surface area (Å²) in [5, 5.41) is 21.6. The first kappa shape index (κ1) is 20.9. The molecule has 9 nitrogen and oxygen atoms in total. The lowest BCUT2D eigenvalue weighted by molar-refractivity contribution is -0.384. The minimum atomic E-state index is -1.12. The van der Waals surface area contributed by atoms with Gasteiger partial charge >= 0.3 is 5.97 Å². The molecule has 2 heterocycles. The summed E-state index contributed by atoms with van der Waals surface area (Å²) in [5.41, 5.74) is 2.75. The number of carbonyl (C=O) groups is 1. The number of aromatic amines is 1. The number of piperazine rings is 1. The summed E-state index contributed by atoms with van der Waals surface area (Å²) in [4.78, 5) is 34.7. The number of nitro groups is 1. The molecule has 0 saturated carbocycles. The number of non-ortho nitro benzene ring substituents is 1. The number of nitrogens with zero attached hydrogens (tertiary/aromatic N) is 4. The number of aromatic nitrogens is 2. The quantitative estimate of drug-likeness (QED) is 0.260. The highest BCUT2D eigenvalue weighted by Gasteiger charge is 2.21. The number of hydrogen-bond donors (Lipinski definition) is 2. The Labute approximate surface area is 182 Å². The summed E-state index contributed by atoms with van der Waals surface area (Å²) >= 11 is 0.986. The largest absolute Gasteiger partial charge is 0.477 e. The van der Waals surface area contributed by atoms with Crippen LogP contribution in [0.3, 0.4) is 0 Å². The molecule has 1 aliphatic heterocycles. The van der Waals surface area contributed by atoms with Crippen LogP contribution < -0.4 is 4.90 Å². The fourth-order valence-corrected chi connectivity index (χ4v) is 4.25. The minimum Gasteiger partial charge on any atom is -0.477 e.